The molecule has 16 heavy (non-hydrogen) atoms. The molecular weight excluding hydrogens is 224 g/mol. The Labute approximate surface area is 100.0 Å². The van der Waals surface area contributed by atoms with Gasteiger partial charge in [-0.2, -0.15) is 5.26 Å². The van der Waals surface area contributed by atoms with E-state index in [4.69, 9.17) is 21.6 Å². The molecule has 1 heterocycles. The first-order valence-corrected chi connectivity index (χ1v) is 5.70. The van der Waals surface area contributed by atoms with Gasteiger partial charge in [0.15, 0.2) is 0 Å². The predicted octanol–water partition coefficient (Wildman–Crippen LogP) is 2.26. The lowest BCUT2D eigenvalue weighted by Crippen LogP contribution is -2.23. The Morgan fingerprint density at radius 2 is 2.38 bits per heavy atom. The number of nitrogens with zero attached hydrogens (tertiary/aromatic N) is 1. The van der Waals surface area contributed by atoms with Crippen molar-refractivity contribution in [1.29, 1.82) is 5.26 Å². The Morgan fingerprint density at radius 3 is 3.12 bits per heavy atom. The van der Waals surface area contributed by atoms with E-state index in [-0.39, 0.29) is 6.04 Å². The van der Waals surface area contributed by atoms with Crippen molar-refractivity contribution in [1.82, 2.24) is 5.32 Å². The highest BCUT2D eigenvalue weighted by Crippen LogP contribution is 2.25. The molecule has 3 nitrogen and oxygen atoms in total. The van der Waals surface area contributed by atoms with Gasteiger partial charge in [0.25, 0.3) is 0 Å². The molecule has 1 atom stereocenters. The van der Waals surface area contributed by atoms with Crippen LogP contribution < -0.4 is 5.32 Å². The second kappa shape index (κ2) is 5.31. The highest BCUT2D eigenvalue weighted by molar-refractivity contribution is 6.31. The van der Waals surface area contributed by atoms with E-state index in [0.717, 1.165) is 25.1 Å². The molecule has 0 saturated carbocycles. The number of nitrogens with one attached hydrogen (secondary N) is 1. The number of benzene rings is 1. The molecule has 1 aromatic rings. The van der Waals surface area contributed by atoms with E-state index in [1.54, 1.807) is 12.1 Å². The summed E-state index contributed by atoms with van der Waals surface area (Å²) in [6.07, 6.45) is 1.02. The number of hydrogen-bond donors (Lipinski definition) is 1. The fourth-order valence-corrected chi connectivity index (χ4v) is 2.10. The molecular formula is C12H13ClN2O. The van der Waals surface area contributed by atoms with Gasteiger partial charge < -0.3 is 10.1 Å². The minimum atomic E-state index is 0.128. The Morgan fingerprint density at radius 1 is 1.50 bits per heavy atom. The third-order valence-corrected chi connectivity index (χ3v) is 2.97. The van der Waals surface area contributed by atoms with Crippen LogP contribution in [0.25, 0.3) is 0 Å². The van der Waals surface area contributed by atoms with Gasteiger partial charge in [-0.1, -0.05) is 17.7 Å². The summed E-state index contributed by atoms with van der Waals surface area (Å²) in [6, 6.07) is 7.58. The summed E-state index contributed by atoms with van der Waals surface area (Å²) in [5.41, 5.74) is 1.59. The SMILES string of the molecule is N#Cc1ccc(C2COCCCN2)c(Cl)c1. The highest BCUT2D eigenvalue weighted by atomic mass is 35.5. The molecule has 1 aromatic carbocycles. The van der Waals surface area contributed by atoms with E-state index >= 15 is 0 Å². The van der Waals surface area contributed by atoms with Crippen LogP contribution in [0.15, 0.2) is 18.2 Å². The minimum absolute atomic E-state index is 0.128. The van der Waals surface area contributed by atoms with Crippen LogP contribution >= 0.6 is 11.6 Å². The van der Waals surface area contributed by atoms with Crippen LogP contribution in [0.1, 0.15) is 23.6 Å². The molecule has 1 saturated heterocycles. The van der Waals surface area contributed by atoms with Crippen LogP contribution in [0.5, 0.6) is 0 Å². The largest absolute Gasteiger partial charge is 0.379 e. The van der Waals surface area contributed by atoms with Gasteiger partial charge in [-0.15, -0.1) is 0 Å². The quantitative estimate of drug-likeness (QED) is 0.814. The zero-order chi connectivity index (χ0) is 11.4. The molecule has 2 rings (SSSR count). The van der Waals surface area contributed by atoms with E-state index in [9.17, 15) is 0 Å². The van der Waals surface area contributed by atoms with Crippen LogP contribution in [0.2, 0.25) is 5.02 Å². The summed E-state index contributed by atoms with van der Waals surface area (Å²) in [7, 11) is 0. The molecule has 1 unspecified atom stereocenters. The van der Waals surface area contributed by atoms with Gasteiger partial charge in [0, 0.05) is 11.6 Å². The second-order valence-electron chi connectivity index (χ2n) is 3.78. The summed E-state index contributed by atoms with van der Waals surface area (Å²) in [5, 5.41) is 12.8. The summed E-state index contributed by atoms with van der Waals surface area (Å²) < 4.78 is 5.49. The van der Waals surface area contributed by atoms with E-state index in [1.165, 1.54) is 0 Å². The summed E-state index contributed by atoms with van der Waals surface area (Å²) in [6.45, 7) is 2.35. The topological polar surface area (TPSA) is 45.0 Å². The maximum atomic E-state index is 8.76. The Bertz CT molecular complexity index is 406. The Hall–Kier alpha value is -1.08. The molecule has 1 aliphatic rings. The molecule has 4 heteroatoms. The summed E-state index contributed by atoms with van der Waals surface area (Å²) in [5.74, 6) is 0. The lowest BCUT2D eigenvalue weighted by atomic mass is 10.1. The third-order valence-electron chi connectivity index (χ3n) is 2.65. The number of hydrogen-bond acceptors (Lipinski definition) is 3. The average Bonchev–Trinajstić information content (AvgIpc) is 2.57. The first kappa shape index (κ1) is 11.4. The van der Waals surface area contributed by atoms with Crippen molar-refractivity contribution in [3.05, 3.63) is 34.3 Å². The first-order valence-electron chi connectivity index (χ1n) is 5.32. The van der Waals surface area contributed by atoms with Gasteiger partial charge >= 0.3 is 0 Å². The summed E-state index contributed by atoms with van der Waals surface area (Å²) in [4.78, 5) is 0. The Balaban J connectivity index is 2.22. The molecule has 0 bridgehead atoms. The fraction of sp³-hybridized carbons (Fsp3) is 0.417. The smallest absolute Gasteiger partial charge is 0.0992 e. The van der Waals surface area contributed by atoms with E-state index in [1.807, 2.05) is 6.07 Å². The predicted molar refractivity (Wildman–Crippen MR) is 62.3 cm³/mol. The maximum absolute atomic E-state index is 8.76. The molecule has 84 valence electrons. The van der Waals surface area contributed by atoms with Gasteiger partial charge in [-0.3, -0.25) is 0 Å². The number of rotatable bonds is 1. The minimum Gasteiger partial charge on any atom is -0.379 e. The van der Waals surface area contributed by atoms with Crippen molar-refractivity contribution in [3.63, 3.8) is 0 Å². The highest BCUT2D eigenvalue weighted by Gasteiger charge is 2.16. The molecule has 1 N–H and O–H groups in total. The van der Waals surface area contributed by atoms with Crippen LogP contribution in [0.3, 0.4) is 0 Å². The lowest BCUT2D eigenvalue weighted by molar-refractivity contribution is 0.131. The van der Waals surface area contributed by atoms with Gasteiger partial charge in [0.1, 0.15) is 0 Å². The zero-order valence-electron chi connectivity index (χ0n) is 8.87. The van der Waals surface area contributed by atoms with Crippen LogP contribution in [-0.2, 0) is 4.74 Å². The van der Waals surface area contributed by atoms with Crippen LogP contribution in [-0.4, -0.2) is 19.8 Å². The molecule has 1 fully saturated rings. The maximum Gasteiger partial charge on any atom is 0.0992 e. The number of ether oxygens (including phenoxy) is 1. The van der Waals surface area contributed by atoms with Gasteiger partial charge in [-0.25, -0.2) is 0 Å². The first-order chi connectivity index (χ1) is 7.81. The van der Waals surface area contributed by atoms with Gasteiger partial charge in [0.05, 0.1) is 24.3 Å². The normalized spacial score (nSPS) is 21.1. The number of nitriles is 1. The van der Waals surface area contributed by atoms with Crippen molar-refractivity contribution in [3.8, 4) is 6.07 Å². The summed E-state index contributed by atoms with van der Waals surface area (Å²) >= 11 is 6.15. The molecule has 0 spiro atoms. The fourth-order valence-electron chi connectivity index (χ4n) is 1.79. The van der Waals surface area contributed by atoms with E-state index in [0.29, 0.717) is 17.2 Å². The van der Waals surface area contributed by atoms with E-state index < -0.39 is 0 Å². The molecule has 0 radical (unpaired) electrons. The number of halogens is 1. The molecule has 0 aliphatic carbocycles. The van der Waals surface area contributed by atoms with Crippen molar-refractivity contribution >= 4 is 11.6 Å². The van der Waals surface area contributed by atoms with Gasteiger partial charge in [-0.05, 0) is 30.7 Å². The molecule has 0 amide bonds. The molecule has 0 aromatic heterocycles. The standard InChI is InChI=1S/C12H13ClN2O/c13-11-6-9(7-14)2-3-10(11)12-8-16-5-1-4-15-12/h2-3,6,12,15H,1,4-5,8H2. The van der Waals surface area contributed by atoms with Gasteiger partial charge in [0.2, 0.25) is 0 Å². The van der Waals surface area contributed by atoms with Crippen molar-refractivity contribution in [2.24, 2.45) is 0 Å². The van der Waals surface area contributed by atoms with Crippen molar-refractivity contribution in [2.45, 2.75) is 12.5 Å². The zero-order valence-corrected chi connectivity index (χ0v) is 9.63. The van der Waals surface area contributed by atoms with Crippen molar-refractivity contribution in [2.75, 3.05) is 19.8 Å². The monoisotopic (exact) mass is 236 g/mol. The third kappa shape index (κ3) is 2.53. The second-order valence-corrected chi connectivity index (χ2v) is 4.19. The van der Waals surface area contributed by atoms with Crippen LogP contribution in [0, 0.1) is 11.3 Å². The van der Waals surface area contributed by atoms with E-state index in [2.05, 4.69) is 11.4 Å². The molecule has 1 aliphatic heterocycles. The Kier molecular flexibility index (Phi) is 3.79. The lowest BCUT2D eigenvalue weighted by Gasteiger charge is -2.17. The average molecular weight is 237 g/mol. The van der Waals surface area contributed by atoms with Crippen molar-refractivity contribution < 1.29 is 4.74 Å². The van der Waals surface area contributed by atoms with Crippen LogP contribution in [0.4, 0.5) is 0 Å².